The first-order valence-corrected chi connectivity index (χ1v) is 11.5. The third-order valence-electron chi connectivity index (χ3n) is 5.15. The molecule has 1 N–H and O–H groups in total. The zero-order valence-corrected chi connectivity index (χ0v) is 18.1. The summed E-state index contributed by atoms with van der Waals surface area (Å²) < 4.78 is 9.18. The monoisotopic (exact) mass is 442 g/mol. The van der Waals surface area contributed by atoms with Gasteiger partial charge in [0.25, 0.3) is 5.91 Å². The Morgan fingerprint density at radius 1 is 1.23 bits per heavy atom. The van der Waals surface area contributed by atoms with E-state index < -0.39 is 6.04 Å². The molecule has 1 aromatic carbocycles. The SMILES string of the molecule is COc1cccc(N(C(=O)c2csnn2)[C@H](C(=O)NC2CCCC2)c2cccs2)c1. The van der Waals surface area contributed by atoms with E-state index in [-0.39, 0.29) is 23.6 Å². The van der Waals surface area contributed by atoms with Gasteiger partial charge < -0.3 is 10.1 Å². The Morgan fingerprint density at radius 3 is 2.73 bits per heavy atom. The fourth-order valence-corrected chi connectivity index (χ4v) is 4.94. The van der Waals surface area contributed by atoms with Crippen molar-refractivity contribution in [2.75, 3.05) is 12.0 Å². The summed E-state index contributed by atoms with van der Waals surface area (Å²) in [5.41, 5.74) is 0.769. The van der Waals surface area contributed by atoms with Gasteiger partial charge in [-0.25, -0.2) is 0 Å². The van der Waals surface area contributed by atoms with Gasteiger partial charge in [0.1, 0.15) is 5.75 Å². The standard InChI is InChI=1S/C21H22N4O3S2/c1-28-16-9-4-8-15(12-16)25(21(27)17-13-30-24-23-17)19(18-10-5-11-29-18)20(26)22-14-6-2-3-7-14/h4-5,8-14,19H,2-3,6-7H2,1H3,(H,22,26)/t19-/m0/s1. The van der Waals surface area contributed by atoms with E-state index in [2.05, 4.69) is 14.9 Å². The van der Waals surface area contributed by atoms with Crippen LogP contribution >= 0.6 is 22.9 Å². The van der Waals surface area contributed by atoms with E-state index in [9.17, 15) is 9.59 Å². The third-order valence-corrected chi connectivity index (χ3v) is 6.58. The second-order valence-electron chi connectivity index (χ2n) is 7.07. The van der Waals surface area contributed by atoms with Crippen molar-refractivity contribution < 1.29 is 14.3 Å². The summed E-state index contributed by atoms with van der Waals surface area (Å²) in [6.45, 7) is 0. The van der Waals surface area contributed by atoms with Crippen LogP contribution in [0.5, 0.6) is 5.75 Å². The molecule has 7 nitrogen and oxygen atoms in total. The molecule has 1 aliphatic rings. The summed E-state index contributed by atoms with van der Waals surface area (Å²) in [6, 6.07) is 10.2. The van der Waals surface area contributed by atoms with Crippen LogP contribution in [0, 0.1) is 0 Å². The highest BCUT2D eigenvalue weighted by Gasteiger charge is 2.36. The third kappa shape index (κ3) is 4.36. The normalized spacial score (nSPS) is 15.0. The summed E-state index contributed by atoms with van der Waals surface area (Å²) in [4.78, 5) is 29.3. The average Bonchev–Trinajstić information content (AvgIpc) is 3.55. The number of thiophene rings is 1. The van der Waals surface area contributed by atoms with Gasteiger partial charge in [-0.15, -0.1) is 16.4 Å². The number of aromatic nitrogens is 2. The van der Waals surface area contributed by atoms with Gasteiger partial charge in [0, 0.05) is 28.1 Å². The second kappa shape index (κ2) is 9.36. The molecular weight excluding hydrogens is 420 g/mol. The van der Waals surface area contributed by atoms with Crippen molar-refractivity contribution in [2.45, 2.75) is 37.8 Å². The number of benzene rings is 1. The van der Waals surface area contributed by atoms with E-state index in [4.69, 9.17) is 4.74 Å². The van der Waals surface area contributed by atoms with Crippen molar-refractivity contribution in [1.29, 1.82) is 0 Å². The van der Waals surface area contributed by atoms with Crippen LogP contribution < -0.4 is 15.0 Å². The molecule has 30 heavy (non-hydrogen) atoms. The molecular formula is C21H22N4O3S2. The number of anilines is 1. The summed E-state index contributed by atoms with van der Waals surface area (Å²) >= 11 is 2.55. The molecule has 156 valence electrons. The predicted molar refractivity (Wildman–Crippen MR) is 117 cm³/mol. The molecule has 4 rings (SSSR count). The van der Waals surface area contributed by atoms with Gasteiger partial charge in [-0.2, -0.15) is 0 Å². The van der Waals surface area contributed by atoms with Crippen molar-refractivity contribution in [3.8, 4) is 5.75 Å². The predicted octanol–water partition coefficient (Wildman–Crippen LogP) is 4.06. The molecule has 1 atom stereocenters. The van der Waals surface area contributed by atoms with E-state index in [1.165, 1.54) is 16.2 Å². The minimum absolute atomic E-state index is 0.142. The Labute approximate surface area is 182 Å². The average molecular weight is 443 g/mol. The lowest BCUT2D eigenvalue weighted by molar-refractivity contribution is -0.123. The minimum atomic E-state index is -0.813. The van der Waals surface area contributed by atoms with Gasteiger partial charge in [0.15, 0.2) is 11.7 Å². The van der Waals surface area contributed by atoms with E-state index >= 15 is 0 Å². The number of methoxy groups -OCH3 is 1. The highest BCUT2D eigenvalue weighted by Crippen LogP contribution is 2.34. The quantitative estimate of drug-likeness (QED) is 0.597. The largest absolute Gasteiger partial charge is 0.497 e. The number of hydrogen-bond acceptors (Lipinski definition) is 7. The van der Waals surface area contributed by atoms with Gasteiger partial charge in [-0.05, 0) is 48.0 Å². The fraction of sp³-hybridized carbons (Fsp3) is 0.333. The Balaban J connectivity index is 1.77. The van der Waals surface area contributed by atoms with Gasteiger partial charge >= 0.3 is 0 Å². The topological polar surface area (TPSA) is 84.4 Å². The van der Waals surface area contributed by atoms with Gasteiger partial charge in [0.2, 0.25) is 5.91 Å². The van der Waals surface area contributed by atoms with E-state index in [1.54, 1.807) is 36.8 Å². The Kier molecular flexibility index (Phi) is 6.39. The van der Waals surface area contributed by atoms with Crippen LogP contribution in [0.2, 0.25) is 0 Å². The van der Waals surface area contributed by atoms with Crippen molar-refractivity contribution in [3.63, 3.8) is 0 Å². The van der Waals surface area contributed by atoms with Gasteiger partial charge in [-0.3, -0.25) is 14.5 Å². The number of amides is 2. The van der Waals surface area contributed by atoms with Crippen LogP contribution in [0.1, 0.15) is 47.1 Å². The molecule has 9 heteroatoms. The molecule has 2 amide bonds. The first kappa shape index (κ1) is 20.5. The lowest BCUT2D eigenvalue weighted by atomic mass is 10.1. The molecule has 0 aliphatic heterocycles. The molecule has 1 fully saturated rings. The number of ether oxygens (including phenoxy) is 1. The minimum Gasteiger partial charge on any atom is -0.497 e. The van der Waals surface area contributed by atoms with Crippen LogP contribution in [0.25, 0.3) is 0 Å². The lowest BCUT2D eigenvalue weighted by Crippen LogP contribution is -2.46. The molecule has 0 spiro atoms. The van der Waals surface area contributed by atoms with E-state index in [0.29, 0.717) is 11.4 Å². The Hall–Kier alpha value is -2.78. The molecule has 2 aromatic heterocycles. The number of nitrogens with one attached hydrogen (secondary N) is 1. The highest BCUT2D eigenvalue weighted by atomic mass is 32.1. The molecule has 0 saturated heterocycles. The molecule has 2 heterocycles. The maximum atomic E-state index is 13.5. The van der Waals surface area contributed by atoms with Crippen LogP contribution in [0.15, 0.2) is 47.2 Å². The first-order valence-electron chi connectivity index (χ1n) is 9.76. The number of nitrogens with zero attached hydrogens (tertiary/aromatic N) is 3. The summed E-state index contributed by atoms with van der Waals surface area (Å²) in [7, 11) is 1.57. The fourth-order valence-electron chi connectivity index (χ4n) is 3.70. The summed E-state index contributed by atoms with van der Waals surface area (Å²) in [5.74, 6) is 0.0310. The second-order valence-corrected chi connectivity index (χ2v) is 8.66. The zero-order valence-electron chi connectivity index (χ0n) is 16.5. The van der Waals surface area contributed by atoms with Crippen molar-refractivity contribution in [2.24, 2.45) is 0 Å². The van der Waals surface area contributed by atoms with Crippen LogP contribution in [0.3, 0.4) is 0 Å². The lowest BCUT2D eigenvalue weighted by Gasteiger charge is -2.31. The first-order chi connectivity index (χ1) is 14.7. The van der Waals surface area contributed by atoms with Crippen LogP contribution in [-0.4, -0.2) is 34.6 Å². The van der Waals surface area contributed by atoms with Gasteiger partial charge in [-0.1, -0.05) is 29.5 Å². The van der Waals surface area contributed by atoms with Crippen molar-refractivity contribution >= 4 is 40.4 Å². The molecule has 0 bridgehead atoms. The Morgan fingerprint density at radius 2 is 2.07 bits per heavy atom. The molecule has 0 unspecified atom stereocenters. The number of carbonyl (C=O) groups excluding carboxylic acids is 2. The molecule has 0 radical (unpaired) electrons. The van der Waals surface area contributed by atoms with Crippen molar-refractivity contribution in [1.82, 2.24) is 14.9 Å². The van der Waals surface area contributed by atoms with Crippen LogP contribution in [0.4, 0.5) is 5.69 Å². The van der Waals surface area contributed by atoms with E-state index in [0.717, 1.165) is 42.1 Å². The number of carbonyl (C=O) groups is 2. The highest BCUT2D eigenvalue weighted by molar-refractivity contribution is 7.10. The van der Waals surface area contributed by atoms with Gasteiger partial charge in [0.05, 0.1) is 7.11 Å². The van der Waals surface area contributed by atoms with Crippen molar-refractivity contribution in [3.05, 3.63) is 57.7 Å². The Bertz CT molecular complexity index is 986. The number of rotatable bonds is 7. The zero-order chi connectivity index (χ0) is 20.9. The summed E-state index contributed by atoms with van der Waals surface area (Å²) in [5, 5.41) is 10.6. The molecule has 3 aromatic rings. The van der Waals surface area contributed by atoms with Crippen LogP contribution in [-0.2, 0) is 4.79 Å². The summed E-state index contributed by atoms with van der Waals surface area (Å²) in [6.07, 6.45) is 4.15. The maximum Gasteiger partial charge on any atom is 0.280 e. The maximum absolute atomic E-state index is 13.5. The molecule has 1 aliphatic carbocycles. The smallest absolute Gasteiger partial charge is 0.280 e. The van der Waals surface area contributed by atoms with E-state index in [1.807, 2.05) is 17.5 Å². The number of hydrogen-bond donors (Lipinski definition) is 1. The molecule has 1 saturated carbocycles.